The zero-order chi connectivity index (χ0) is 22.1. The lowest BCUT2D eigenvalue weighted by Gasteiger charge is -2.13. The number of allylic oxidation sites excluding steroid dienone is 2. The first kappa shape index (κ1) is 21.5. The smallest absolute Gasteiger partial charge is 0.422 e. The van der Waals surface area contributed by atoms with E-state index in [1.165, 1.54) is 23.1 Å². The first-order valence-corrected chi connectivity index (χ1v) is 9.25. The van der Waals surface area contributed by atoms with Gasteiger partial charge in [-0.2, -0.15) is 18.3 Å². The number of hydrogen-bond donors (Lipinski definition) is 1. The fourth-order valence-electron chi connectivity index (χ4n) is 3.23. The molecule has 160 valence electrons. The number of rotatable bonds is 6. The molecule has 0 saturated carbocycles. The molecular weight excluding hydrogens is 403 g/mol. The van der Waals surface area contributed by atoms with Gasteiger partial charge in [-0.05, 0) is 26.3 Å². The van der Waals surface area contributed by atoms with Crippen LogP contribution in [0.3, 0.4) is 0 Å². The second-order valence-electron chi connectivity index (χ2n) is 7.04. The Balaban J connectivity index is 1.83. The summed E-state index contributed by atoms with van der Waals surface area (Å²) in [7, 11) is 0. The maximum Gasteiger partial charge on any atom is 0.422 e. The Morgan fingerprint density at radius 3 is 2.70 bits per heavy atom. The monoisotopic (exact) mass is 423 g/mol. The quantitative estimate of drug-likeness (QED) is 0.563. The summed E-state index contributed by atoms with van der Waals surface area (Å²) in [5.74, 6) is -1.15. The number of hydrogen-bond acceptors (Lipinski definition) is 6. The summed E-state index contributed by atoms with van der Waals surface area (Å²) in [5.41, 5.74) is 1.17. The van der Waals surface area contributed by atoms with Gasteiger partial charge in [0.2, 0.25) is 5.78 Å². The van der Waals surface area contributed by atoms with Gasteiger partial charge < -0.3 is 9.84 Å². The summed E-state index contributed by atoms with van der Waals surface area (Å²) in [6.07, 6.45) is -0.720. The maximum atomic E-state index is 12.8. The van der Waals surface area contributed by atoms with E-state index in [2.05, 4.69) is 10.1 Å². The third kappa shape index (κ3) is 4.69. The van der Waals surface area contributed by atoms with Crippen LogP contribution in [0.1, 0.15) is 46.6 Å². The van der Waals surface area contributed by atoms with Crippen molar-refractivity contribution in [1.29, 1.82) is 0 Å². The molecule has 2 aromatic heterocycles. The van der Waals surface area contributed by atoms with Gasteiger partial charge in [0.1, 0.15) is 17.1 Å². The highest BCUT2D eigenvalue weighted by Crippen LogP contribution is 2.26. The Morgan fingerprint density at radius 1 is 1.30 bits per heavy atom. The van der Waals surface area contributed by atoms with E-state index in [0.29, 0.717) is 23.4 Å². The molecule has 1 aliphatic rings. The molecule has 0 fully saturated rings. The molecule has 0 amide bonds. The summed E-state index contributed by atoms with van der Waals surface area (Å²) in [5, 5.41) is 14.2. The van der Waals surface area contributed by atoms with E-state index in [4.69, 9.17) is 4.74 Å². The van der Waals surface area contributed by atoms with Crippen molar-refractivity contribution in [3.63, 3.8) is 0 Å². The van der Waals surface area contributed by atoms with E-state index < -0.39 is 24.3 Å². The third-order valence-corrected chi connectivity index (χ3v) is 4.76. The van der Waals surface area contributed by atoms with Crippen LogP contribution >= 0.6 is 0 Å². The summed E-state index contributed by atoms with van der Waals surface area (Å²) in [6.45, 7) is 1.85. The summed E-state index contributed by atoms with van der Waals surface area (Å²) < 4.78 is 43.5. The molecule has 0 radical (unpaired) electrons. The number of ketones is 2. The van der Waals surface area contributed by atoms with Crippen molar-refractivity contribution in [2.24, 2.45) is 0 Å². The van der Waals surface area contributed by atoms with E-state index in [-0.39, 0.29) is 42.0 Å². The fraction of sp³-hybridized carbons (Fsp3) is 0.400. The minimum atomic E-state index is -4.46. The van der Waals surface area contributed by atoms with Crippen LogP contribution in [0.4, 0.5) is 13.2 Å². The molecule has 1 aliphatic carbocycles. The van der Waals surface area contributed by atoms with Gasteiger partial charge in [0, 0.05) is 30.8 Å². The topological polar surface area (TPSA) is 94.3 Å². The lowest BCUT2D eigenvalue weighted by atomic mass is 9.91. The first-order chi connectivity index (χ1) is 14.1. The van der Waals surface area contributed by atoms with E-state index in [1.807, 2.05) is 0 Å². The van der Waals surface area contributed by atoms with Gasteiger partial charge in [0.05, 0.1) is 23.5 Å². The average Bonchev–Trinajstić information content (AvgIpc) is 3.01. The largest absolute Gasteiger partial charge is 0.511 e. The molecule has 0 atom stereocenters. The lowest BCUT2D eigenvalue weighted by Crippen LogP contribution is -2.20. The Kier molecular flexibility index (Phi) is 5.95. The van der Waals surface area contributed by atoms with Crippen LogP contribution in [0, 0.1) is 13.8 Å². The van der Waals surface area contributed by atoms with Crippen LogP contribution in [0.2, 0.25) is 0 Å². The molecule has 30 heavy (non-hydrogen) atoms. The predicted molar refractivity (Wildman–Crippen MR) is 99.4 cm³/mol. The number of halogens is 3. The number of ether oxygens (including phenoxy) is 1. The van der Waals surface area contributed by atoms with E-state index in [0.717, 1.165) is 0 Å². The molecule has 10 heteroatoms. The van der Waals surface area contributed by atoms with Crippen LogP contribution in [0.15, 0.2) is 29.8 Å². The van der Waals surface area contributed by atoms with Crippen molar-refractivity contribution in [1.82, 2.24) is 14.8 Å². The fourth-order valence-corrected chi connectivity index (χ4v) is 3.23. The van der Waals surface area contributed by atoms with E-state index in [1.54, 1.807) is 13.8 Å². The van der Waals surface area contributed by atoms with Gasteiger partial charge in [-0.25, -0.2) is 0 Å². The van der Waals surface area contributed by atoms with Gasteiger partial charge in [-0.1, -0.05) is 0 Å². The number of pyridine rings is 1. The molecule has 0 unspecified atom stereocenters. The zero-order valence-electron chi connectivity index (χ0n) is 16.4. The zero-order valence-corrected chi connectivity index (χ0v) is 16.4. The number of aliphatic hydroxyl groups excluding tert-OH is 1. The molecule has 0 spiro atoms. The molecule has 0 saturated heterocycles. The molecule has 0 bridgehead atoms. The minimum Gasteiger partial charge on any atom is -0.511 e. The second-order valence-corrected chi connectivity index (χ2v) is 7.04. The van der Waals surface area contributed by atoms with E-state index >= 15 is 0 Å². The third-order valence-electron chi connectivity index (χ3n) is 4.76. The summed E-state index contributed by atoms with van der Waals surface area (Å²) in [4.78, 5) is 29.0. The molecule has 7 nitrogen and oxygen atoms in total. The van der Waals surface area contributed by atoms with Crippen molar-refractivity contribution < 1.29 is 32.6 Å². The standard InChI is InChI=1S/C20H20F3N3O4/c1-11-14(24-7-6-17(11)30-10-20(21,22)23)9-26-8-13(12(2)25-26)19(29)18-15(27)4-3-5-16(18)28/h6-8,27H,3-5,9-10H2,1-2H3. The van der Waals surface area contributed by atoms with Crippen molar-refractivity contribution in [3.05, 3.63) is 52.3 Å². The van der Waals surface area contributed by atoms with E-state index in [9.17, 15) is 27.9 Å². The highest BCUT2D eigenvalue weighted by Gasteiger charge is 2.30. The molecular formula is C20H20F3N3O4. The number of aryl methyl sites for hydroxylation is 1. The molecule has 2 heterocycles. The molecule has 2 aromatic rings. The normalized spacial score (nSPS) is 14.9. The number of carbonyl (C=O) groups excluding carboxylic acids is 2. The van der Waals surface area contributed by atoms with Crippen LogP contribution in [-0.4, -0.2) is 44.2 Å². The van der Waals surface area contributed by atoms with Gasteiger partial charge in [0.15, 0.2) is 12.4 Å². The number of Topliss-reactive ketones (excluding diaryl/α,β-unsaturated/α-hetero) is 2. The van der Waals surface area contributed by atoms with Crippen LogP contribution in [0.25, 0.3) is 0 Å². The van der Waals surface area contributed by atoms with Crippen LogP contribution < -0.4 is 4.74 Å². The Labute approximate surface area is 170 Å². The van der Waals surface area contributed by atoms with Gasteiger partial charge >= 0.3 is 6.18 Å². The van der Waals surface area contributed by atoms with Crippen molar-refractivity contribution >= 4 is 11.6 Å². The number of nitrogens with zero attached hydrogens (tertiary/aromatic N) is 3. The van der Waals surface area contributed by atoms with Gasteiger partial charge in [-0.15, -0.1) is 0 Å². The van der Waals surface area contributed by atoms with Gasteiger partial charge in [0.25, 0.3) is 0 Å². The van der Waals surface area contributed by atoms with Crippen LogP contribution in [-0.2, 0) is 11.3 Å². The van der Waals surface area contributed by atoms with Crippen molar-refractivity contribution in [2.45, 2.75) is 45.8 Å². The van der Waals surface area contributed by atoms with Crippen molar-refractivity contribution in [2.75, 3.05) is 6.61 Å². The Morgan fingerprint density at radius 2 is 2.03 bits per heavy atom. The lowest BCUT2D eigenvalue weighted by molar-refractivity contribution is -0.153. The first-order valence-electron chi connectivity index (χ1n) is 9.25. The molecule has 0 aromatic carbocycles. The maximum absolute atomic E-state index is 12.8. The van der Waals surface area contributed by atoms with Gasteiger partial charge in [-0.3, -0.25) is 19.3 Å². The number of carbonyl (C=O) groups is 2. The number of alkyl halides is 3. The minimum absolute atomic E-state index is 0.0559. The SMILES string of the molecule is Cc1nn(Cc2nccc(OCC(F)(F)F)c2C)cc1C(=O)C1=C(O)CCCC1=O. The average molecular weight is 423 g/mol. The second kappa shape index (κ2) is 8.29. The predicted octanol–water partition coefficient (Wildman–Crippen LogP) is 3.63. The molecule has 0 aliphatic heterocycles. The highest BCUT2D eigenvalue weighted by molar-refractivity contribution is 6.27. The van der Waals surface area contributed by atoms with Crippen molar-refractivity contribution in [3.8, 4) is 5.75 Å². The number of aliphatic hydroxyl groups is 1. The highest BCUT2D eigenvalue weighted by atomic mass is 19.4. The Hall–Kier alpha value is -3.17. The molecule has 1 N–H and O–H groups in total. The number of aromatic nitrogens is 3. The summed E-state index contributed by atoms with van der Waals surface area (Å²) >= 11 is 0. The summed E-state index contributed by atoms with van der Waals surface area (Å²) in [6, 6.07) is 1.35. The van der Waals surface area contributed by atoms with Crippen LogP contribution in [0.5, 0.6) is 5.75 Å². The molecule has 3 rings (SSSR count). The Bertz CT molecular complexity index is 1020.